The standard InChI is InChI=1S/C10H13F2NO/c1-7(6-13-2)14-9-5-3-4-8(11)10(9)12/h3-5,7,13H,6H2,1-2H3. The van der Waals surface area contributed by atoms with Crippen LogP contribution >= 0.6 is 0 Å². The summed E-state index contributed by atoms with van der Waals surface area (Å²) in [6.45, 7) is 2.36. The third kappa shape index (κ3) is 2.67. The van der Waals surface area contributed by atoms with Crippen molar-refractivity contribution in [2.24, 2.45) is 0 Å². The molecule has 78 valence electrons. The minimum absolute atomic E-state index is 0.0484. The highest BCUT2D eigenvalue weighted by Gasteiger charge is 2.11. The molecule has 1 atom stereocenters. The fourth-order valence-electron chi connectivity index (χ4n) is 1.12. The number of ether oxygens (including phenoxy) is 1. The Bertz CT molecular complexity index is 304. The first-order valence-electron chi connectivity index (χ1n) is 4.40. The van der Waals surface area contributed by atoms with Crippen molar-refractivity contribution < 1.29 is 13.5 Å². The summed E-state index contributed by atoms with van der Waals surface area (Å²) in [6, 6.07) is 3.88. The Kier molecular flexibility index (Phi) is 3.83. The van der Waals surface area contributed by atoms with Gasteiger partial charge in [0, 0.05) is 6.54 Å². The second kappa shape index (κ2) is 4.91. The Morgan fingerprint density at radius 2 is 2.14 bits per heavy atom. The summed E-state index contributed by atoms with van der Waals surface area (Å²) in [5.41, 5.74) is 0. The first kappa shape index (κ1) is 10.9. The molecule has 0 saturated heterocycles. The van der Waals surface area contributed by atoms with E-state index < -0.39 is 11.6 Å². The lowest BCUT2D eigenvalue weighted by Gasteiger charge is -2.14. The van der Waals surface area contributed by atoms with Crippen molar-refractivity contribution in [3.05, 3.63) is 29.8 Å². The zero-order valence-electron chi connectivity index (χ0n) is 8.18. The first-order chi connectivity index (χ1) is 6.65. The normalized spacial score (nSPS) is 12.6. The molecule has 1 aromatic rings. The Morgan fingerprint density at radius 3 is 2.79 bits per heavy atom. The quantitative estimate of drug-likeness (QED) is 0.804. The minimum Gasteiger partial charge on any atom is -0.486 e. The lowest BCUT2D eigenvalue weighted by atomic mass is 10.3. The van der Waals surface area contributed by atoms with E-state index in [0.717, 1.165) is 6.07 Å². The predicted octanol–water partition coefficient (Wildman–Crippen LogP) is 1.95. The van der Waals surface area contributed by atoms with Crippen LogP contribution in [0.1, 0.15) is 6.92 Å². The van der Waals surface area contributed by atoms with Gasteiger partial charge in [-0.25, -0.2) is 4.39 Å². The molecular weight excluding hydrogens is 188 g/mol. The van der Waals surface area contributed by atoms with Crippen molar-refractivity contribution in [2.75, 3.05) is 13.6 Å². The second-order valence-electron chi connectivity index (χ2n) is 3.04. The molecule has 4 heteroatoms. The van der Waals surface area contributed by atoms with Gasteiger partial charge in [0.25, 0.3) is 0 Å². The first-order valence-corrected chi connectivity index (χ1v) is 4.40. The Hall–Kier alpha value is -1.16. The second-order valence-corrected chi connectivity index (χ2v) is 3.04. The largest absolute Gasteiger partial charge is 0.486 e. The summed E-state index contributed by atoms with van der Waals surface area (Å²) in [7, 11) is 1.77. The monoisotopic (exact) mass is 201 g/mol. The van der Waals surface area contributed by atoms with Gasteiger partial charge in [-0.15, -0.1) is 0 Å². The van der Waals surface area contributed by atoms with Crippen LogP contribution in [0.4, 0.5) is 8.78 Å². The van der Waals surface area contributed by atoms with Gasteiger partial charge in [0.05, 0.1) is 0 Å². The lowest BCUT2D eigenvalue weighted by molar-refractivity contribution is 0.208. The van der Waals surface area contributed by atoms with Crippen LogP contribution < -0.4 is 10.1 Å². The maximum absolute atomic E-state index is 13.1. The van der Waals surface area contributed by atoms with Crippen molar-refractivity contribution in [1.29, 1.82) is 0 Å². The fourth-order valence-corrected chi connectivity index (χ4v) is 1.12. The van der Waals surface area contributed by atoms with E-state index >= 15 is 0 Å². The highest BCUT2D eigenvalue weighted by atomic mass is 19.2. The molecule has 14 heavy (non-hydrogen) atoms. The summed E-state index contributed by atoms with van der Waals surface area (Å²) >= 11 is 0. The summed E-state index contributed by atoms with van der Waals surface area (Å²) < 4.78 is 31.0. The van der Waals surface area contributed by atoms with Gasteiger partial charge in [0.1, 0.15) is 6.10 Å². The highest BCUT2D eigenvalue weighted by molar-refractivity contribution is 5.25. The minimum atomic E-state index is -0.935. The van der Waals surface area contributed by atoms with E-state index in [-0.39, 0.29) is 11.9 Å². The van der Waals surface area contributed by atoms with Gasteiger partial charge in [-0.05, 0) is 26.1 Å². The van der Waals surface area contributed by atoms with Crippen molar-refractivity contribution >= 4 is 0 Å². The van der Waals surface area contributed by atoms with Gasteiger partial charge < -0.3 is 10.1 Å². The molecule has 2 nitrogen and oxygen atoms in total. The van der Waals surface area contributed by atoms with E-state index in [0.29, 0.717) is 6.54 Å². The molecule has 0 spiro atoms. The van der Waals surface area contributed by atoms with E-state index in [4.69, 9.17) is 4.74 Å². The van der Waals surface area contributed by atoms with Crippen LogP contribution in [0.5, 0.6) is 5.75 Å². The van der Waals surface area contributed by atoms with Gasteiger partial charge >= 0.3 is 0 Å². The van der Waals surface area contributed by atoms with E-state index in [2.05, 4.69) is 5.32 Å². The molecule has 1 unspecified atom stereocenters. The molecule has 0 bridgehead atoms. The molecule has 1 aromatic carbocycles. The van der Waals surface area contributed by atoms with Gasteiger partial charge in [0.2, 0.25) is 5.82 Å². The number of likely N-dealkylation sites (N-methyl/N-ethyl adjacent to an activating group) is 1. The molecule has 0 heterocycles. The van der Waals surface area contributed by atoms with Crippen LogP contribution in [0.2, 0.25) is 0 Å². The molecule has 0 amide bonds. The number of hydrogen-bond donors (Lipinski definition) is 1. The van der Waals surface area contributed by atoms with Gasteiger partial charge in [-0.3, -0.25) is 0 Å². The Balaban J connectivity index is 2.71. The van der Waals surface area contributed by atoms with Crippen molar-refractivity contribution in [3.8, 4) is 5.75 Å². The SMILES string of the molecule is CNCC(C)Oc1cccc(F)c1F. The van der Waals surface area contributed by atoms with Crippen LogP contribution in [0, 0.1) is 11.6 Å². The smallest absolute Gasteiger partial charge is 0.200 e. The van der Waals surface area contributed by atoms with Crippen LogP contribution in [0.15, 0.2) is 18.2 Å². The average molecular weight is 201 g/mol. The zero-order valence-corrected chi connectivity index (χ0v) is 8.18. The van der Waals surface area contributed by atoms with Crippen LogP contribution in [-0.4, -0.2) is 19.7 Å². The van der Waals surface area contributed by atoms with Crippen LogP contribution in [0.3, 0.4) is 0 Å². The molecule has 0 aromatic heterocycles. The number of hydrogen-bond acceptors (Lipinski definition) is 2. The summed E-state index contributed by atoms with van der Waals surface area (Å²) in [5, 5.41) is 2.88. The molecule has 1 rings (SSSR count). The Morgan fingerprint density at radius 1 is 1.43 bits per heavy atom. The summed E-state index contributed by atoms with van der Waals surface area (Å²) in [5.74, 6) is -1.87. The van der Waals surface area contributed by atoms with E-state index in [9.17, 15) is 8.78 Å². The zero-order chi connectivity index (χ0) is 10.6. The van der Waals surface area contributed by atoms with Crippen LogP contribution in [0.25, 0.3) is 0 Å². The van der Waals surface area contributed by atoms with Gasteiger partial charge in [-0.2, -0.15) is 4.39 Å². The topological polar surface area (TPSA) is 21.3 Å². The molecule has 0 fully saturated rings. The lowest BCUT2D eigenvalue weighted by Crippen LogP contribution is -2.26. The van der Waals surface area contributed by atoms with E-state index in [1.165, 1.54) is 12.1 Å². The van der Waals surface area contributed by atoms with Crippen molar-refractivity contribution in [2.45, 2.75) is 13.0 Å². The molecule has 0 saturated carbocycles. The highest BCUT2D eigenvalue weighted by Crippen LogP contribution is 2.19. The molecule has 0 aliphatic carbocycles. The molecule has 0 radical (unpaired) electrons. The molecule has 0 aliphatic rings. The van der Waals surface area contributed by atoms with Gasteiger partial charge in [-0.1, -0.05) is 6.07 Å². The van der Waals surface area contributed by atoms with E-state index in [1.807, 2.05) is 0 Å². The maximum Gasteiger partial charge on any atom is 0.200 e. The maximum atomic E-state index is 13.1. The number of benzene rings is 1. The van der Waals surface area contributed by atoms with Crippen LogP contribution in [-0.2, 0) is 0 Å². The molecule has 1 N–H and O–H groups in total. The van der Waals surface area contributed by atoms with Crippen molar-refractivity contribution in [1.82, 2.24) is 5.32 Å². The predicted molar refractivity (Wildman–Crippen MR) is 50.4 cm³/mol. The third-order valence-electron chi connectivity index (χ3n) is 1.74. The fraction of sp³-hybridized carbons (Fsp3) is 0.400. The average Bonchev–Trinajstić information content (AvgIpc) is 2.13. The van der Waals surface area contributed by atoms with Gasteiger partial charge in [0.15, 0.2) is 11.6 Å². The number of rotatable bonds is 4. The van der Waals surface area contributed by atoms with Crippen molar-refractivity contribution in [3.63, 3.8) is 0 Å². The molecule has 0 aliphatic heterocycles. The van der Waals surface area contributed by atoms with E-state index in [1.54, 1.807) is 14.0 Å². The summed E-state index contributed by atoms with van der Waals surface area (Å²) in [6.07, 6.45) is -0.198. The Labute approximate surface area is 81.9 Å². The number of nitrogens with one attached hydrogen (secondary N) is 1. The third-order valence-corrected chi connectivity index (χ3v) is 1.74. The molecular formula is C10H13F2NO. The number of halogens is 2. The summed E-state index contributed by atoms with van der Waals surface area (Å²) in [4.78, 5) is 0.